The Kier molecular flexibility index (Phi) is 18.3. The lowest BCUT2D eigenvalue weighted by Crippen LogP contribution is -2.50. The van der Waals surface area contributed by atoms with Crippen LogP contribution in [-0.4, -0.2) is 23.6 Å². The first kappa shape index (κ1) is 50.8. The maximum Gasteiger partial charge on any atom is 0.173 e. The van der Waals surface area contributed by atoms with Crippen LogP contribution in [0.5, 0.6) is 11.5 Å². The zero-order valence-electron chi connectivity index (χ0n) is 43.1. The third-order valence-electron chi connectivity index (χ3n) is 16.7. The van der Waals surface area contributed by atoms with Crippen molar-refractivity contribution in [1.29, 1.82) is 0 Å². The molecular weight excluding hydrogens is 761 g/mol. The first-order valence-electron chi connectivity index (χ1n) is 26.4. The number of ketones is 1. The van der Waals surface area contributed by atoms with E-state index in [0.717, 1.165) is 102 Å². The Morgan fingerprint density at radius 3 is 1.45 bits per heavy atom. The van der Waals surface area contributed by atoms with Crippen LogP contribution in [0.2, 0.25) is 0 Å². The predicted molar refractivity (Wildman–Crippen MR) is 263 cm³/mol. The first-order valence-corrected chi connectivity index (χ1v) is 26.4. The van der Waals surface area contributed by atoms with Gasteiger partial charge in [-0.05, 0) is 163 Å². The Bertz CT molecular complexity index is 1710. The minimum atomic E-state index is -0.716. The van der Waals surface area contributed by atoms with Crippen molar-refractivity contribution in [2.45, 2.75) is 256 Å². The molecule has 0 fully saturated rings. The molecular formula is C58H96O4. The summed E-state index contributed by atoms with van der Waals surface area (Å²) in [5.41, 5.74) is 6.83. The summed E-state index contributed by atoms with van der Waals surface area (Å²) < 4.78 is 21.1. The maximum absolute atomic E-state index is 14.7. The molecule has 4 heteroatoms. The molecule has 1 aliphatic carbocycles. The number of ether oxygens (including phenoxy) is 3. The molecule has 0 saturated carbocycles. The maximum atomic E-state index is 14.7. The molecule has 3 aliphatic heterocycles. The summed E-state index contributed by atoms with van der Waals surface area (Å²) in [5, 5.41) is 0. The lowest BCUT2D eigenvalue weighted by molar-refractivity contribution is -0.127. The molecule has 0 aromatic heterocycles. The van der Waals surface area contributed by atoms with Gasteiger partial charge in [-0.3, -0.25) is 4.79 Å². The van der Waals surface area contributed by atoms with E-state index >= 15 is 0 Å². The van der Waals surface area contributed by atoms with Crippen LogP contribution in [0.15, 0.2) is 22.5 Å². The van der Waals surface area contributed by atoms with Crippen molar-refractivity contribution in [3.05, 3.63) is 44.7 Å². The van der Waals surface area contributed by atoms with Gasteiger partial charge in [-0.2, -0.15) is 0 Å². The van der Waals surface area contributed by atoms with E-state index in [9.17, 15) is 4.79 Å². The van der Waals surface area contributed by atoms with E-state index in [-0.39, 0.29) is 17.0 Å². The second kappa shape index (κ2) is 22.3. The summed E-state index contributed by atoms with van der Waals surface area (Å²) in [7, 11) is 0. The standard InChI is InChI=1S/C58H96O4/c1-39(2)21-15-23-41(5)25-17-27-43(7)29-19-33-56(13)35-31-49-50-37-58(38-60-52(50)45(9)46(10)53(49)61-56)51-32-36-57(14,62-54(51)47(11)48(12)55(58)59)34-20-30-44(8)28-18-26-42(6)24-16-22-40(3)4/h39-44H,15-38H2,1-14H3/t41-,42-,43-,44-,56-,57-,58-/m1/s1. The lowest BCUT2D eigenvalue weighted by Gasteiger charge is -2.49. The second-order valence-corrected chi connectivity index (χ2v) is 23.6. The van der Waals surface area contributed by atoms with E-state index in [1.165, 1.54) is 131 Å². The van der Waals surface area contributed by atoms with Crippen molar-refractivity contribution in [2.75, 3.05) is 6.61 Å². The van der Waals surface area contributed by atoms with Gasteiger partial charge in [0, 0.05) is 11.1 Å². The van der Waals surface area contributed by atoms with Gasteiger partial charge in [-0.25, -0.2) is 0 Å². The molecule has 0 N–H and O–H groups in total. The van der Waals surface area contributed by atoms with Gasteiger partial charge in [0.1, 0.15) is 35.1 Å². The first-order chi connectivity index (χ1) is 29.3. The quantitative estimate of drug-likeness (QED) is 0.104. The highest BCUT2D eigenvalue weighted by molar-refractivity contribution is 6.05. The fourth-order valence-electron chi connectivity index (χ4n) is 11.8. The minimum absolute atomic E-state index is 0.173. The molecule has 0 unspecified atom stereocenters. The smallest absolute Gasteiger partial charge is 0.173 e. The number of carbonyl (C=O) groups excluding carboxylic acids is 1. The highest BCUT2D eigenvalue weighted by atomic mass is 16.5. The minimum Gasteiger partial charge on any atom is -0.492 e. The van der Waals surface area contributed by atoms with Gasteiger partial charge in [0.25, 0.3) is 0 Å². The number of hydrogen-bond donors (Lipinski definition) is 0. The molecule has 0 saturated heterocycles. The normalized spacial score (nSPS) is 25.6. The molecule has 1 aromatic rings. The molecule has 0 bridgehead atoms. The summed E-state index contributed by atoms with van der Waals surface area (Å²) in [6, 6.07) is 0. The molecule has 0 amide bonds. The van der Waals surface area contributed by atoms with Crippen LogP contribution in [0.1, 0.15) is 240 Å². The number of Topliss-reactive ketones (excluding diaryl/α,β-unsaturated/α-hetero) is 1. The van der Waals surface area contributed by atoms with Crippen LogP contribution in [0.4, 0.5) is 0 Å². The highest BCUT2D eigenvalue weighted by Gasteiger charge is 2.54. The van der Waals surface area contributed by atoms with Gasteiger partial charge in [0.05, 0.1) is 5.41 Å². The number of hydrogen-bond acceptors (Lipinski definition) is 4. The highest BCUT2D eigenvalue weighted by Crippen LogP contribution is 2.56. The number of rotatable bonds is 24. The van der Waals surface area contributed by atoms with Gasteiger partial charge >= 0.3 is 0 Å². The average Bonchev–Trinajstić information content (AvgIpc) is 3.21. The van der Waals surface area contributed by atoms with E-state index in [1.807, 2.05) is 6.92 Å². The Morgan fingerprint density at radius 1 is 0.516 bits per heavy atom. The summed E-state index contributed by atoms with van der Waals surface area (Å²) in [6.45, 7) is 32.8. The number of fused-ring (bicyclic) bond motifs is 4. The van der Waals surface area contributed by atoms with Gasteiger partial charge in [-0.15, -0.1) is 0 Å². The molecule has 0 radical (unpaired) electrons. The van der Waals surface area contributed by atoms with Gasteiger partial charge in [0.15, 0.2) is 5.78 Å². The van der Waals surface area contributed by atoms with Crippen molar-refractivity contribution < 1.29 is 19.0 Å². The van der Waals surface area contributed by atoms with E-state index < -0.39 is 5.41 Å². The topological polar surface area (TPSA) is 44.8 Å². The number of carbonyl (C=O) groups is 1. The SMILES string of the molecule is CC1=C(C)C2=C(CC[C@@](C)(CCC[C@H](C)CCC[C@H](C)CCCC(C)C)O2)[C@@]2(COc3c(C)c(C)c4c(c3C2)CC[C@@](C)(CCC[C@H](C)CCC[C@H](C)CCCC(C)C)O4)C1=O. The fraction of sp³-hybridized carbons (Fsp3) is 0.810. The Labute approximate surface area is 383 Å². The summed E-state index contributed by atoms with van der Waals surface area (Å²) in [4.78, 5) is 14.7. The number of allylic oxidation sites excluding steroid dienone is 2. The third-order valence-corrected chi connectivity index (χ3v) is 16.7. The Morgan fingerprint density at radius 2 is 0.952 bits per heavy atom. The molecule has 1 spiro atoms. The average molecular weight is 857 g/mol. The monoisotopic (exact) mass is 857 g/mol. The zero-order valence-corrected chi connectivity index (χ0v) is 43.1. The van der Waals surface area contributed by atoms with E-state index in [2.05, 4.69) is 90.0 Å². The molecule has 1 aromatic carbocycles. The van der Waals surface area contributed by atoms with E-state index in [1.54, 1.807) is 0 Å². The van der Waals surface area contributed by atoms with Gasteiger partial charge in [0.2, 0.25) is 0 Å². The third kappa shape index (κ3) is 12.8. The number of benzene rings is 1. The van der Waals surface area contributed by atoms with Crippen molar-refractivity contribution in [2.24, 2.45) is 40.9 Å². The molecule has 62 heavy (non-hydrogen) atoms. The molecule has 4 aliphatic rings. The largest absolute Gasteiger partial charge is 0.492 e. The van der Waals surface area contributed by atoms with Gasteiger partial charge < -0.3 is 14.2 Å². The second-order valence-electron chi connectivity index (χ2n) is 23.6. The van der Waals surface area contributed by atoms with Crippen LogP contribution in [0, 0.1) is 54.8 Å². The van der Waals surface area contributed by atoms with E-state index in [0.29, 0.717) is 13.0 Å². The predicted octanol–water partition coefficient (Wildman–Crippen LogP) is 16.9. The summed E-state index contributed by atoms with van der Waals surface area (Å²) in [5.74, 6) is 8.15. The zero-order chi connectivity index (χ0) is 45.4. The van der Waals surface area contributed by atoms with Crippen LogP contribution in [-0.2, 0) is 22.4 Å². The molecule has 7 atom stereocenters. The summed E-state index contributed by atoms with van der Waals surface area (Å²) in [6.07, 6.45) is 27.9. The lowest BCUT2D eigenvalue weighted by atomic mass is 9.62. The molecule has 3 heterocycles. The van der Waals surface area contributed by atoms with Crippen LogP contribution >= 0.6 is 0 Å². The van der Waals surface area contributed by atoms with Crippen LogP contribution in [0.3, 0.4) is 0 Å². The molecule has 4 nitrogen and oxygen atoms in total. The van der Waals surface area contributed by atoms with Crippen LogP contribution in [0.25, 0.3) is 0 Å². The molecule has 5 rings (SSSR count). The fourth-order valence-corrected chi connectivity index (χ4v) is 11.8. The van der Waals surface area contributed by atoms with Crippen molar-refractivity contribution in [1.82, 2.24) is 0 Å². The Balaban J connectivity index is 1.20. The van der Waals surface area contributed by atoms with Gasteiger partial charge in [-0.1, -0.05) is 145 Å². The summed E-state index contributed by atoms with van der Waals surface area (Å²) >= 11 is 0. The van der Waals surface area contributed by atoms with Crippen molar-refractivity contribution >= 4 is 5.78 Å². The van der Waals surface area contributed by atoms with Crippen LogP contribution < -0.4 is 9.47 Å². The van der Waals surface area contributed by atoms with Crippen molar-refractivity contribution in [3.63, 3.8) is 0 Å². The Hall–Kier alpha value is -2.23. The van der Waals surface area contributed by atoms with E-state index in [4.69, 9.17) is 14.2 Å². The van der Waals surface area contributed by atoms with Crippen molar-refractivity contribution in [3.8, 4) is 11.5 Å². The molecule has 352 valence electrons.